The number of benzene rings is 1. The molecule has 1 aromatic carbocycles. The lowest BCUT2D eigenvalue weighted by Crippen LogP contribution is -2.40. The van der Waals surface area contributed by atoms with E-state index in [1.54, 1.807) is 0 Å². The van der Waals surface area contributed by atoms with Crippen LogP contribution >= 0.6 is 11.6 Å². The van der Waals surface area contributed by atoms with Gasteiger partial charge in [-0.1, -0.05) is 31.4 Å². The van der Waals surface area contributed by atoms with Gasteiger partial charge in [-0.25, -0.2) is 8.42 Å². The lowest BCUT2D eigenvalue weighted by atomic mass is 10.1. The Hall–Kier alpha value is -1.31. The lowest BCUT2D eigenvalue weighted by molar-refractivity contribution is -0.139. The molecule has 21 heavy (non-hydrogen) atoms. The summed E-state index contributed by atoms with van der Waals surface area (Å²) in [5.41, 5.74) is 0. The minimum absolute atomic E-state index is 0.103. The standard InChI is InChI=1S/C13H18ClNO5S/c1-3-4-5-10(13(16)17)15-21(18,19)12-8-9(14)6-7-11(12)20-2/h6-8,10,15H,3-5H2,1-2H3,(H,16,17). The second kappa shape index (κ2) is 7.63. The van der Waals surface area contributed by atoms with Gasteiger partial charge in [-0.05, 0) is 24.6 Å². The second-order valence-electron chi connectivity index (χ2n) is 4.45. The molecule has 1 aromatic rings. The summed E-state index contributed by atoms with van der Waals surface area (Å²) in [6.45, 7) is 1.90. The molecule has 1 atom stereocenters. The zero-order valence-corrected chi connectivity index (χ0v) is 13.4. The summed E-state index contributed by atoms with van der Waals surface area (Å²) in [6, 6.07) is 2.95. The number of hydrogen-bond donors (Lipinski definition) is 2. The monoisotopic (exact) mass is 335 g/mol. The number of rotatable bonds is 8. The van der Waals surface area contributed by atoms with Crippen LogP contribution in [0.4, 0.5) is 0 Å². The van der Waals surface area contributed by atoms with Gasteiger partial charge in [-0.15, -0.1) is 0 Å². The number of methoxy groups -OCH3 is 1. The largest absolute Gasteiger partial charge is 0.495 e. The highest BCUT2D eigenvalue weighted by Gasteiger charge is 2.27. The highest BCUT2D eigenvalue weighted by atomic mass is 35.5. The van der Waals surface area contributed by atoms with Gasteiger partial charge in [0.1, 0.15) is 16.7 Å². The van der Waals surface area contributed by atoms with Crippen LogP contribution in [0.2, 0.25) is 5.02 Å². The van der Waals surface area contributed by atoms with Crippen LogP contribution in [0.5, 0.6) is 5.75 Å². The lowest BCUT2D eigenvalue weighted by Gasteiger charge is -2.16. The molecule has 6 nitrogen and oxygen atoms in total. The zero-order chi connectivity index (χ0) is 16.0. The number of ether oxygens (including phenoxy) is 1. The molecule has 0 fully saturated rings. The predicted molar refractivity (Wildman–Crippen MR) is 79.3 cm³/mol. The van der Waals surface area contributed by atoms with Crippen molar-refractivity contribution in [2.75, 3.05) is 7.11 Å². The van der Waals surface area contributed by atoms with Crippen LogP contribution in [-0.4, -0.2) is 32.6 Å². The molecule has 2 N–H and O–H groups in total. The summed E-state index contributed by atoms with van der Waals surface area (Å²) >= 11 is 5.80. The molecule has 0 bridgehead atoms. The summed E-state index contributed by atoms with van der Waals surface area (Å²) in [5.74, 6) is -1.11. The Morgan fingerprint density at radius 2 is 2.14 bits per heavy atom. The van der Waals surface area contributed by atoms with Crippen molar-refractivity contribution >= 4 is 27.6 Å². The second-order valence-corrected chi connectivity index (χ2v) is 6.57. The Balaban J connectivity index is 3.09. The highest BCUT2D eigenvalue weighted by molar-refractivity contribution is 7.89. The number of carboxylic acid groups (broad SMARTS) is 1. The molecule has 0 aromatic heterocycles. The molecule has 0 saturated carbocycles. The normalized spacial score (nSPS) is 12.9. The number of carbonyl (C=O) groups is 1. The summed E-state index contributed by atoms with van der Waals surface area (Å²) in [6.07, 6.45) is 1.59. The number of unbranched alkanes of at least 4 members (excludes halogenated alkanes) is 1. The Morgan fingerprint density at radius 1 is 1.48 bits per heavy atom. The number of aliphatic carboxylic acids is 1. The van der Waals surface area contributed by atoms with Gasteiger partial charge < -0.3 is 9.84 Å². The van der Waals surface area contributed by atoms with Crippen LogP contribution in [0.15, 0.2) is 23.1 Å². The van der Waals surface area contributed by atoms with Crippen molar-refractivity contribution in [3.8, 4) is 5.75 Å². The van der Waals surface area contributed by atoms with Gasteiger partial charge in [0, 0.05) is 5.02 Å². The number of hydrogen-bond acceptors (Lipinski definition) is 4. The summed E-state index contributed by atoms with van der Waals surface area (Å²) in [4.78, 5) is 11.0. The van der Waals surface area contributed by atoms with E-state index in [1.807, 2.05) is 6.92 Å². The van der Waals surface area contributed by atoms with Gasteiger partial charge in [0.2, 0.25) is 10.0 Å². The molecule has 0 spiro atoms. The Labute approximate surface area is 129 Å². The molecular formula is C13H18ClNO5S. The molecule has 0 aliphatic heterocycles. The quantitative estimate of drug-likeness (QED) is 0.760. The summed E-state index contributed by atoms with van der Waals surface area (Å²) in [7, 11) is -2.71. The van der Waals surface area contributed by atoms with Crippen molar-refractivity contribution < 1.29 is 23.1 Å². The van der Waals surface area contributed by atoms with E-state index in [0.29, 0.717) is 6.42 Å². The van der Waals surface area contributed by atoms with Crippen molar-refractivity contribution in [3.63, 3.8) is 0 Å². The molecule has 0 aliphatic rings. The number of nitrogens with one attached hydrogen (secondary N) is 1. The third-order valence-electron chi connectivity index (χ3n) is 2.86. The molecule has 1 unspecified atom stereocenters. The van der Waals surface area contributed by atoms with Crippen molar-refractivity contribution in [2.45, 2.75) is 37.1 Å². The van der Waals surface area contributed by atoms with E-state index in [4.69, 9.17) is 21.4 Å². The molecule has 8 heteroatoms. The zero-order valence-electron chi connectivity index (χ0n) is 11.8. The van der Waals surface area contributed by atoms with Crippen molar-refractivity contribution in [1.82, 2.24) is 4.72 Å². The Morgan fingerprint density at radius 3 is 2.67 bits per heavy atom. The number of carboxylic acids is 1. The molecular weight excluding hydrogens is 318 g/mol. The van der Waals surface area contributed by atoms with Crippen LogP contribution in [-0.2, 0) is 14.8 Å². The van der Waals surface area contributed by atoms with Crippen LogP contribution in [0, 0.1) is 0 Å². The molecule has 0 amide bonds. The maximum atomic E-state index is 12.3. The third kappa shape index (κ3) is 4.87. The first-order valence-electron chi connectivity index (χ1n) is 6.40. The van der Waals surface area contributed by atoms with E-state index >= 15 is 0 Å². The van der Waals surface area contributed by atoms with Crippen LogP contribution in [0.3, 0.4) is 0 Å². The summed E-state index contributed by atoms with van der Waals surface area (Å²) in [5, 5.41) is 9.33. The molecule has 1 rings (SSSR count). The van der Waals surface area contributed by atoms with Gasteiger partial charge in [-0.3, -0.25) is 4.79 Å². The van der Waals surface area contributed by atoms with Gasteiger partial charge in [0.15, 0.2) is 0 Å². The highest BCUT2D eigenvalue weighted by Crippen LogP contribution is 2.27. The molecule has 118 valence electrons. The van der Waals surface area contributed by atoms with Gasteiger partial charge in [0.05, 0.1) is 7.11 Å². The minimum atomic E-state index is -4.04. The minimum Gasteiger partial charge on any atom is -0.495 e. The fourth-order valence-corrected chi connectivity index (χ4v) is 3.41. The summed E-state index contributed by atoms with van der Waals surface area (Å²) < 4.78 is 31.8. The van der Waals surface area contributed by atoms with E-state index in [9.17, 15) is 13.2 Å². The predicted octanol–water partition coefficient (Wildman–Crippen LogP) is 2.27. The van der Waals surface area contributed by atoms with Crippen molar-refractivity contribution in [1.29, 1.82) is 0 Å². The van der Waals surface area contributed by atoms with Gasteiger partial charge in [-0.2, -0.15) is 4.72 Å². The van der Waals surface area contributed by atoms with Crippen molar-refractivity contribution in [2.24, 2.45) is 0 Å². The molecule has 0 radical (unpaired) electrons. The topological polar surface area (TPSA) is 92.7 Å². The molecule has 0 aliphatic carbocycles. The van der Waals surface area contributed by atoms with E-state index in [-0.39, 0.29) is 22.1 Å². The fourth-order valence-electron chi connectivity index (χ4n) is 1.75. The van der Waals surface area contributed by atoms with E-state index < -0.39 is 22.0 Å². The first-order valence-corrected chi connectivity index (χ1v) is 8.26. The average molecular weight is 336 g/mol. The first-order chi connectivity index (χ1) is 9.81. The molecule has 0 saturated heterocycles. The average Bonchev–Trinajstić information content (AvgIpc) is 2.43. The van der Waals surface area contributed by atoms with E-state index in [0.717, 1.165) is 6.42 Å². The third-order valence-corrected chi connectivity index (χ3v) is 4.59. The van der Waals surface area contributed by atoms with Crippen LogP contribution in [0.1, 0.15) is 26.2 Å². The van der Waals surface area contributed by atoms with Crippen LogP contribution < -0.4 is 9.46 Å². The number of halogens is 1. The Bertz CT molecular complexity index is 603. The van der Waals surface area contributed by atoms with Crippen LogP contribution in [0.25, 0.3) is 0 Å². The smallest absolute Gasteiger partial charge is 0.321 e. The maximum absolute atomic E-state index is 12.3. The van der Waals surface area contributed by atoms with Gasteiger partial charge >= 0.3 is 5.97 Å². The first kappa shape index (κ1) is 17.7. The SMILES string of the molecule is CCCCC(NS(=O)(=O)c1cc(Cl)ccc1OC)C(=O)O. The van der Waals surface area contributed by atoms with Gasteiger partial charge in [0.25, 0.3) is 0 Å². The van der Waals surface area contributed by atoms with Crippen molar-refractivity contribution in [3.05, 3.63) is 23.2 Å². The Kier molecular flexibility index (Phi) is 6.44. The fraction of sp³-hybridized carbons (Fsp3) is 0.462. The molecule has 0 heterocycles. The number of sulfonamides is 1. The maximum Gasteiger partial charge on any atom is 0.321 e. The van der Waals surface area contributed by atoms with E-state index in [1.165, 1.54) is 25.3 Å². The van der Waals surface area contributed by atoms with E-state index in [2.05, 4.69) is 4.72 Å².